The van der Waals surface area contributed by atoms with Gasteiger partial charge in [-0.15, -0.1) is 0 Å². The highest BCUT2D eigenvalue weighted by Gasteiger charge is 2.35. The van der Waals surface area contributed by atoms with E-state index in [1.54, 1.807) is 24.3 Å². The summed E-state index contributed by atoms with van der Waals surface area (Å²) in [5.41, 5.74) is -0.825. The van der Waals surface area contributed by atoms with Gasteiger partial charge in [-0.25, -0.2) is 4.79 Å². The standard InChI is InChI=1S/C29H36F3N3O5/c1-18(2)35(3)22-12-13-24(20(15-22)17-40-25-11-6-5-10-23(25)28(38)39-4)34-26(36)16-33-27(37)19-8-7-9-21(14-19)29(30,31)32/h5-11,14,18,20,22,24H,12-13,15-17H2,1-4H3,(H,33,37)(H,34,36)/t20-,22+,24-/m0/s1. The summed E-state index contributed by atoms with van der Waals surface area (Å²) in [6.07, 6.45) is -2.34. The number of ether oxygens (including phenoxy) is 2. The number of nitrogens with one attached hydrogen (secondary N) is 2. The Morgan fingerprint density at radius 3 is 2.48 bits per heavy atom. The van der Waals surface area contributed by atoms with Gasteiger partial charge in [0.15, 0.2) is 0 Å². The zero-order valence-corrected chi connectivity index (χ0v) is 23.1. The molecule has 0 aliphatic heterocycles. The lowest BCUT2D eigenvalue weighted by Gasteiger charge is -2.41. The molecule has 2 N–H and O–H groups in total. The van der Waals surface area contributed by atoms with E-state index < -0.39 is 29.5 Å². The first-order valence-electron chi connectivity index (χ1n) is 13.2. The van der Waals surface area contributed by atoms with Crippen molar-refractivity contribution in [2.24, 2.45) is 5.92 Å². The molecular weight excluding hydrogens is 527 g/mol. The molecule has 0 spiro atoms. The number of amides is 2. The zero-order chi connectivity index (χ0) is 29.4. The molecule has 0 radical (unpaired) electrons. The van der Waals surface area contributed by atoms with Crippen molar-refractivity contribution in [3.63, 3.8) is 0 Å². The van der Waals surface area contributed by atoms with Crippen molar-refractivity contribution < 1.29 is 37.0 Å². The fraction of sp³-hybridized carbons (Fsp3) is 0.483. The summed E-state index contributed by atoms with van der Waals surface area (Å²) < 4.78 is 49.9. The fourth-order valence-corrected chi connectivity index (χ4v) is 4.83. The summed E-state index contributed by atoms with van der Waals surface area (Å²) in [6.45, 7) is 4.07. The van der Waals surface area contributed by atoms with E-state index in [9.17, 15) is 27.6 Å². The molecule has 1 aliphatic rings. The Kier molecular flexibility index (Phi) is 10.6. The molecule has 40 heavy (non-hydrogen) atoms. The summed E-state index contributed by atoms with van der Waals surface area (Å²) >= 11 is 0. The number of carbonyl (C=O) groups is 3. The van der Waals surface area contributed by atoms with Crippen LogP contribution in [0.5, 0.6) is 5.75 Å². The number of nitrogens with zero attached hydrogens (tertiary/aromatic N) is 1. The van der Waals surface area contributed by atoms with Gasteiger partial charge in [0.05, 0.1) is 25.8 Å². The maximum absolute atomic E-state index is 13.0. The minimum absolute atomic E-state index is 0.103. The quantitative estimate of drug-likeness (QED) is 0.419. The highest BCUT2D eigenvalue weighted by atomic mass is 19.4. The van der Waals surface area contributed by atoms with Crippen LogP contribution in [0, 0.1) is 5.92 Å². The van der Waals surface area contributed by atoms with Gasteiger partial charge in [-0.3, -0.25) is 9.59 Å². The molecule has 2 aromatic carbocycles. The van der Waals surface area contributed by atoms with E-state index >= 15 is 0 Å². The van der Waals surface area contributed by atoms with Gasteiger partial charge in [-0.2, -0.15) is 13.2 Å². The third-order valence-corrected chi connectivity index (χ3v) is 7.30. The van der Waals surface area contributed by atoms with Crippen LogP contribution in [-0.2, 0) is 15.7 Å². The van der Waals surface area contributed by atoms with Crippen molar-refractivity contribution in [1.29, 1.82) is 0 Å². The topological polar surface area (TPSA) is 97.0 Å². The SMILES string of the molecule is COC(=O)c1ccccc1OC[C@@H]1C[C@H](N(C)C(C)C)CC[C@@H]1NC(=O)CNC(=O)c1cccc(C(F)(F)F)c1. The third-order valence-electron chi connectivity index (χ3n) is 7.30. The Bertz CT molecular complexity index is 1190. The first-order valence-corrected chi connectivity index (χ1v) is 13.2. The second-order valence-corrected chi connectivity index (χ2v) is 10.2. The average Bonchev–Trinajstić information content (AvgIpc) is 2.94. The Hall–Kier alpha value is -3.60. The second-order valence-electron chi connectivity index (χ2n) is 10.2. The van der Waals surface area contributed by atoms with Crippen molar-refractivity contribution in [3.05, 3.63) is 65.2 Å². The fourth-order valence-electron chi connectivity index (χ4n) is 4.83. The predicted molar refractivity (Wildman–Crippen MR) is 143 cm³/mol. The van der Waals surface area contributed by atoms with Gasteiger partial charge in [-0.1, -0.05) is 18.2 Å². The largest absolute Gasteiger partial charge is 0.492 e. The van der Waals surface area contributed by atoms with Crippen LogP contribution in [0.25, 0.3) is 0 Å². The first-order chi connectivity index (χ1) is 18.9. The van der Waals surface area contributed by atoms with E-state index in [0.29, 0.717) is 23.8 Å². The highest BCUT2D eigenvalue weighted by Crippen LogP contribution is 2.31. The molecule has 0 heterocycles. The molecule has 0 bridgehead atoms. The van der Waals surface area contributed by atoms with Crippen LogP contribution in [0.3, 0.4) is 0 Å². The molecule has 218 valence electrons. The van der Waals surface area contributed by atoms with Gasteiger partial charge in [0.2, 0.25) is 5.91 Å². The molecule has 0 saturated heterocycles. The van der Waals surface area contributed by atoms with Crippen LogP contribution >= 0.6 is 0 Å². The number of methoxy groups -OCH3 is 1. The number of hydrogen-bond donors (Lipinski definition) is 2. The van der Waals surface area contributed by atoms with Gasteiger partial charge in [0, 0.05) is 29.6 Å². The van der Waals surface area contributed by atoms with Crippen LogP contribution in [0.1, 0.15) is 59.4 Å². The van der Waals surface area contributed by atoms with E-state index in [-0.39, 0.29) is 36.7 Å². The Balaban J connectivity index is 1.66. The summed E-state index contributed by atoms with van der Waals surface area (Å²) in [4.78, 5) is 39.6. The second kappa shape index (κ2) is 13.6. The molecular formula is C29H36F3N3O5. The van der Waals surface area contributed by atoms with E-state index in [4.69, 9.17) is 9.47 Å². The number of halogens is 3. The molecule has 8 nitrogen and oxygen atoms in total. The average molecular weight is 564 g/mol. The summed E-state index contributed by atoms with van der Waals surface area (Å²) in [7, 11) is 3.35. The van der Waals surface area contributed by atoms with Crippen molar-refractivity contribution >= 4 is 17.8 Å². The van der Waals surface area contributed by atoms with Crippen LogP contribution in [-0.4, -0.2) is 68.1 Å². The van der Waals surface area contributed by atoms with Gasteiger partial charge < -0.3 is 25.0 Å². The van der Waals surface area contributed by atoms with Crippen molar-refractivity contribution in [1.82, 2.24) is 15.5 Å². The Morgan fingerprint density at radius 2 is 1.80 bits per heavy atom. The molecule has 2 amide bonds. The first kappa shape index (κ1) is 30.9. The smallest absolute Gasteiger partial charge is 0.416 e. The van der Waals surface area contributed by atoms with Crippen LogP contribution < -0.4 is 15.4 Å². The molecule has 2 aromatic rings. The van der Waals surface area contributed by atoms with E-state index in [1.807, 2.05) is 0 Å². The maximum Gasteiger partial charge on any atom is 0.416 e. The number of alkyl halides is 3. The molecule has 11 heteroatoms. The van der Waals surface area contributed by atoms with Gasteiger partial charge in [0.1, 0.15) is 11.3 Å². The lowest BCUT2D eigenvalue weighted by molar-refractivity contribution is -0.137. The van der Waals surface area contributed by atoms with E-state index in [1.165, 1.54) is 13.2 Å². The Morgan fingerprint density at radius 1 is 1.07 bits per heavy atom. The summed E-state index contributed by atoms with van der Waals surface area (Å²) in [6, 6.07) is 11.1. The molecule has 0 aromatic heterocycles. The van der Waals surface area contributed by atoms with Crippen LogP contribution in [0.15, 0.2) is 48.5 Å². The minimum atomic E-state index is -4.58. The molecule has 3 atom stereocenters. The lowest BCUT2D eigenvalue weighted by Crippen LogP contribution is -2.52. The maximum atomic E-state index is 13.0. The highest BCUT2D eigenvalue weighted by molar-refractivity contribution is 5.96. The molecule has 0 unspecified atom stereocenters. The number of benzene rings is 2. The summed E-state index contributed by atoms with van der Waals surface area (Å²) in [5, 5.41) is 5.36. The predicted octanol–water partition coefficient (Wildman–Crippen LogP) is 4.29. The van der Waals surface area contributed by atoms with Crippen molar-refractivity contribution in [3.8, 4) is 5.75 Å². The normalized spacial score (nSPS) is 19.3. The number of rotatable bonds is 10. The molecule has 1 saturated carbocycles. The molecule has 3 rings (SSSR count). The number of para-hydroxylation sites is 1. The lowest BCUT2D eigenvalue weighted by atomic mass is 9.81. The van der Waals surface area contributed by atoms with Gasteiger partial charge in [-0.05, 0) is 70.5 Å². The van der Waals surface area contributed by atoms with Crippen LogP contribution in [0.4, 0.5) is 13.2 Å². The molecule has 1 fully saturated rings. The van der Waals surface area contributed by atoms with Gasteiger partial charge >= 0.3 is 12.1 Å². The van der Waals surface area contributed by atoms with Gasteiger partial charge in [0.25, 0.3) is 5.91 Å². The van der Waals surface area contributed by atoms with Crippen molar-refractivity contribution in [2.75, 3.05) is 27.3 Å². The molecule has 1 aliphatic carbocycles. The monoisotopic (exact) mass is 563 g/mol. The zero-order valence-electron chi connectivity index (χ0n) is 23.1. The minimum Gasteiger partial charge on any atom is -0.492 e. The van der Waals surface area contributed by atoms with E-state index in [0.717, 1.165) is 31.0 Å². The van der Waals surface area contributed by atoms with E-state index in [2.05, 4.69) is 36.4 Å². The van der Waals surface area contributed by atoms with Crippen LogP contribution in [0.2, 0.25) is 0 Å². The number of carbonyl (C=O) groups excluding carboxylic acids is 3. The number of esters is 1. The summed E-state index contributed by atoms with van der Waals surface area (Å²) in [5.74, 6) is -1.47. The van der Waals surface area contributed by atoms with Crippen molar-refractivity contribution in [2.45, 2.75) is 57.4 Å². The number of hydrogen-bond acceptors (Lipinski definition) is 6. The third kappa shape index (κ3) is 8.20. The Labute approximate surface area is 232 Å².